The third-order valence-electron chi connectivity index (χ3n) is 8.02. The normalized spacial score (nSPS) is 25.5. The summed E-state index contributed by atoms with van der Waals surface area (Å²) in [7, 11) is 1.45. The summed E-state index contributed by atoms with van der Waals surface area (Å²) in [6, 6.07) is -0.700. The number of likely N-dealkylation sites (tertiary alicyclic amines) is 3. The number of ketones is 2. The number of hydrogen-bond donors (Lipinski definition) is 5. The fraction of sp³-hybridized carbons (Fsp3) is 0.885. The average Bonchev–Trinajstić information content (AvgIpc) is 3.71. The quantitative estimate of drug-likeness (QED) is 0.0598. The van der Waals surface area contributed by atoms with Crippen LogP contribution in [0.4, 0.5) is 0 Å². The van der Waals surface area contributed by atoms with Crippen LogP contribution in [0, 0.1) is 0 Å². The molecule has 3 heterocycles. The number of carboxylic acid groups (broad SMARTS) is 1. The van der Waals surface area contributed by atoms with E-state index >= 15 is 0 Å². The van der Waals surface area contributed by atoms with Gasteiger partial charge >= 0.3 is 305 Å². The summed E-state index contributed by atoms with van der Waals surface area (Å²) in [5.74, 6) is 1.15. The zero-order valence-electron chi connectivity index (χ0n) is 28.4. The Kier molecular flexibility index (Phi) is 24.1. The second-order valence-electron chi connectivity index (χ2n) is 12.0. The fourth-order valence-corrected chi connectivity index (χ4v) is 8.89. The number of rotatable bonds is 19. The van der Waals surface area contributed by atoms with Crippen LogP contribution >= 0.6 is 39.5 Å². The van der Waals surface area contributed by atoms with Crippen molar-refractivity contribution in [2.45, 2.75) is 80.2 Å². The molecule has 0 saturated carbocycles. The molecule has 0 spiro atoms. The fourth-order valence-electron chi connectivity index (χ4n) is 5.79. The zero-order chi connectivity index (χ0) is 36.2. The molecular formula is C26H49B5BrN5O9S2. The number of Topliss-reactive ketones (excluding diaryl/α,β-unsaturated/α-hetero) is 2. The van der Waals surface area contributed by atoms with Crippen molar-refractivity contribution in [3.8, 4) is 0 Å². The third kappa shape index (κ3) is 18.1. The van der Waals surface area contributed by atoms with Gasteiger partial charge in [-0.3, -0.25) is 0 Å². The second kappa shape index (κ2) is 25.4. The molecule has 5 N–H and O–H groups in total. The maximum absolute atomic E-state index is 11.5. The van der Waals surface area contributed by atoms with E-state index in [2.05, 4.69) is 26.4 Å². The van der Waals surface area contributed by atoms with Crippen molar-refractivity contribution in [2.24, 2.45) is 0 Å². The number of aliphatic carboxylic acids is 1. The van der Waals surface area contributed by atoms with Gasteiger partial charge in [-0.05, 0) is 0 Å². The predicted molar refractivity (Wildman–Crippen MR) is 197 cm³/mol. The Morgan fingerprint density at radius 3 is 1.48 bits per heavy atom. The van der Waals surface area contributed by atoms with Gasteiger partial charge in [-0.1, -0.05) is 0 Å². The number of carbonyl (C=O) groups excluding carboxylic acids is 2. The van der Waals surface area contributed by atoms with Gasteiger partial charge in [0.25, 0.3) is 0 Å². The second-order valence-corrected chi connectivity index (χ2v) is 16.1. The van der Waals surface area contributed by atoms with Gasteiger partial charge in [-0.15, -0.1) is 0 Å². The Bertz CT molecular complexity index is 979. The van der Waals surface area contributed by atoms with Crippen LogP contribution in [-0.2, 0) is 28.5 Å². The molecule has 22 heteroatoms. The summed E-state index contributed by atoms with van der Waals surface area (Å²) in [6.07, 6.45) is 3.10. The number of thioether (sulfide) groups is 2. The first-order valence-electron chi connectivity index (χ1n) is 16.2. The van der Waals surface area contributed by atoms with E-state index in [1.165, 1.54) is 0 Å². The van der Waals surface area contributed by atoms with Crippen LogP contribution in [0.25, 0.3) is 0 Å². The van der Waals surface area contributed by atoms with E-state index in [1.807, 2.05) is 9.80 Å². The van der Waals surface area contributed by atoms with Gasteiger partial charge in [0, 0.05) is 0 Å². The summed E-state index contributed by atoms with van der Waals surface area (Å²) in [4.78, 5) is 39.5. The summed E-state index contributed by atoms with van der Waals surface area (Å²) in [5, 5.41) is 33.6. The van der Waals surface area contributed by atoms with Crippen LogP contribution in [0.15, 0.2) is 0 Å². The minimum atomic E-state index is -0.859. The zero-order valence-corrected chi connectivity index (χ0v) is 31.6. The molecule has 0 aliphatic carbocycles. The Balaban J connectivity index is 0.000000368. The molecule has 0 bridgehead atoms. The molecule has 3 fully saturated rings. The van der Waals surface area contributed by atoms with Gasteiger partial charge in [0.05, 0.1) is 0 Å². The monoisotopic (exact) mass is 773 g/mol. The van der Waals surface area contributed by atoms with Crippen molar-refractivity contribution >= 4 is 92.5 Å². The SMILES string of the molecule is CB(O)NCCSC1C[C@@H](C(=O)O)N(CB=O)C1.CB(O)NCCSC1C[C@@H](C(C)=O)N(CB=O)C1.CC(=O)[C@@H]1CC(Br)CN1CB=O. The first-order chi connectivity index (χ1) is 22.7. The molecule has 3 unspecified atom stereocenters. The average molecular weight is 774 g/mol. The van der Waals surface area contributed by atoms with Crippen molar-refractivity contribution in [1.29, 1.82) is 0 Å². The number of nitrogens with zero attached hydrogens (tertiary/aromatic N) is 3. The van der Waals surface area contributed by atoms with Crippen LogP contribution < -0.4 is 10.5 Å². The number of halogens is 1. The Morgan fingerprint density at radius 1 is 0.729 bits per heavy atom. The van der Waals surface area contributed by atoms with Crippen LogP contribution in [0.1, 0.15) is 33.1 Å². The third-order valence-corrected chi connectivity index (χ3v) is 11.2. The summed E-state index contributed by atoms with van der Waals surface area (Å²) < 4.78 is 31.3. The van der Waals surface area contributed by atoms with E-state index < -0.39 is 26.1 Å². The van der Waals surface area contributed by atoms with E-state index in [4.69, 9.17) is 15.2 Å². The Morgan fingerprint density at radius 2 is 1.10 bits per heavy atom. The number of hydrogen-bond acceptors (Lipinski definition) is 15. The van der Waals surface area contributed by atoms with Gasteiger partial charge < -0.3 is 0 Å². The molecule has 14 nitrogen and oxygen atoms in total. The van der Waals surface area contributed by atoms with Crippen LogP contribution in [0.2, 0.25) is 13.6 Å². The Labute approximate surface area is 303 Å². The molecule has 266 valence electrons. The minimum absolute atomic E-state index is 0.0559. The van der Waals surface area contributed by atoms with Gasteiger partial charge in [0.1, 0.15) is 0 Å². The molecule has 0 amide bonds. The van der Waals surface area contributed by atoms with Gasteiger partial charge in [-0.2, -0.15) is 0 Å². The van der Waals surface area contributed by atoms with Crippen LogP contribution in [-0.4, -0.2) is 180 Å². The summed E-state index contributed by atoms with van der Waals surface area (Å²) in [6.45, 7) is 10.2. The van der Waals surface area contributed by atoms with Crippen molar-refractivity contribution in [2.75, 3.05) is 63.6 Å². The molecule has 0 aromatic rings. The molecule has 48 heavy (non-hydrogen) atoms. The summed E-state index contributed by atoms with van der Waals surface area (Å²) >= 11 is 6.92. The first-order valence-corrected chi connectivity index (χ1v) is 19.2. The van der Waals surface area contributed by atoms with E-state index in [1.54, 1.807) is 55.9 Å². The number of carbonyl (C=O) groups is 3. The van der Waals surface area contributed by atoms with Crippen LogP contribution in [0.5, 0.6) is 0 Å². The van der Waals surface area contributed by atoms with E-state index in [9.17, 15) is 28.5 Å². The molecule has 6 atom stereocenters. The number of nitrogens with one attached hydrogen (secondary N) is 2. The first kappa shape index (κ1) is 45.5. The molecule has 0 aromatic heterocycles. The summed E-state index contributed by atoms with van der Waals surface area (Å²) in [5.41, 5.74) is 0. The van der Waals surface area contributed by atoms with Crippen molar-refractivity contribution in [1.82, 2.24) is 25.2 Å². The molecule has 0 radical (unpaired) electrons. The topological polar surface area (TPSA) is 197 Å². The van der Waals surface area contributed by atoms with Crippen molar-refractivity contribution < 1.29 is 43.7 Å². The van der Waals surface area contributed by atoms with Crippen molar-refractivity contribution in [3.05, 3.63) is 0 Å². The van der Waals surface area contributed by atoms with Crippen molar-refractivity contribution in [3.63, 3.8) is 0 Å². The van der Waals surface area contributed by atoms with Gasteiger partial charge in [0.15, 0.2) is 0 Å². The molecule has 0 aromatic carbocycles. The van der Waals surface area contributed by atoms with Crippen LogP contribution in [0.3, 0.4) is 0 Å². The molecule has 3 rings (SSSR count). The molecule has 3 saturated heterocycles. The van der Waals surface area contributed by atoms with E-state index in [-0.39, 0.29) is 35.3 Å². The van der Waals surface area contributed by atoms with Gasteiger partial charge in [-0.25, -0.2) is 0 Å². The molecule has 3 aliphatic rings. The maximum atomic E-state index is 11.5. The van der Waals surface area contributed by atoms with E-state index in [0.29, 0.717) is 42.5 Å². The molecular weight excluding hydrogens is 724 g/mol. The number of alkyl halides is 1. The number of carboxylic acids is 1. The Hall–Kier alpha value is -0.565. The predicted octanol–water partition coefficient (Wildman–Crippen LogP) is -1.17. The van der Waals surface area contributed by atoms with E-state index in [0.717, 1.165) is 65.4 Å². The van der Waals surface area contributed by atoms with Gasteiger partial charge in [0.2, 0.25) is 0 Å². The molecule has 3 aliphatic heterocycles. The standard InChI is InChI=1S/C10H20B2N2O3S.C9H18B2N2O4S.C7H11BBrNO2/c1-8(15)10-5-9(6-14(10)7-11-16)18-4-3-13-12(2)17;1-11(17)12-2-3-18-7-4-8(9(14)15)13(5-7)6-10-16;1-5(11)7-2-6(9)3-10(7)4-8-12/h9-10,13,17H,3-7H2,1-2H3;7-8,12,17H,2-6H2,1H3,(H,14,15);6-7H,2-4H2,1H3/t9?,10-;7?,8-;6?,7-/m000/s1.